The third kappa shape index (κ3) is 5.94. The average molecular weight is 377 g/mol. The van der Waals surface area contributed by atoms with E-state index in [0.717, 1.165) is 16.6 Å². The van der Waals surface area contributed by atoms with Gasteiger partial charge in [0.2, 0.25) is 0 Å². The number of nitrogens with one attached hydrogen (secondary N) is 2. The van der Waals surface area contributed by atoms with E-state index >= 15 is 0 Å². The summed E-state index contributed by atoms with van der Waals surface area (Å²) in [5.74, 6) is 0.752. The molecule has 2 rings (SSSR count). The Hall–Kier alpha value is -2.01. The van der Waals surface area contributed by atoms with Gasteiger partial charge in [0.15, 0.2) is 6.73 Å². The molecule has 0 bridgehead atoms. The Morgan fingerprint density at radius 3 is 2.65 bits per heavy atom. The molecule has 23 heavy (non-hydrogen) atoms. The Kier molecular flexibility index (Phi) is 6.47. The monoisotopic (exact) mass is 376 g/mol. The molecule has 0 aliphatic rings. The topological polar surface area (TPSA) is 50.4 Å². The highest BCUT2D eigenvalue weighted by Gasteiger charge is 2.01. The summed E-state index contributed by atoms with van der Waals surface area (Å²) >= 11 is 3.43. The maximum absolute atomic E-state index is 11.7. The van der Waals surface area contributed by atoms with Gasteiger partial charge in [0.1, 0.15) is 5.75 Å². The van der Waals surface area contributed by atoms with Crippen molar-refractivity contribution in [3.8, 4) is 5.75 Å². The van der Waals surface area contributed by atoms with Crippen LogP contribution in [0.25, 0.3) is 0 Å². The number of amides is 2. The fourth-order valence-electron chi connectivity index (χ4n) is 2.06. The summed E-state index contributed by atoms with van der Waals surface area (Å²) in [6.45, 7) is 4.80. The molecule has 5 heteroatoms. The second-order valence-corrected chi connectivity index (χ2v) is 6.26. The lowest BCUT2D eigenvalue weighted by molar-refractivity contribution is 0.224. The number of halogens is 1. The minimum absolute atomic E-state index is 0.144. The molecule has 2 aromatic rings. The van der Waals surface area contributed by atoms with Crippen molar-refractivity contribution in [1.29, 1.82) is 0 Å². The molecule has 0 radical (unpaired) electrons. The van der Waals surface area contributed by atoms with Crippen LogP contribution >= 0.6 is 15.9 Å². The van der Waals surface area contributed by atoms with Crippen molar-refractivity contribution in [2.75, 3.05) is 13.3 Å². The van der Waals surface area contributed by atoms with Crippen molar-refractivity contribution in [2.45, 2.75) is 20.3 Å². The second kappa shape index (κ2) is 8.58. The van der Waals surface area contributed by atoms with E-state index in [1.54, 1.807) is 0 Å². The van der Waals surface area contributed by atoms with Crippen LogP contribution in [-0.4, -0.2) is 19.3 Å². The Labute approximate surface area is 145 Å². The van der Waals surface area contributed by atoms with Gasteiger partial charge in [0, 0.05) is 11.0 Å². The first kappa shape index (κ1) is 17.3. The zero-order valence-electron chi connectivity index (χ0n) is 13.4. The van der Waals surface area contributed by atoms with Gasteiger partial charge in [-0.2, -0.15) is 0 Å². The molecule has 0 heterocycles. The number of carbonyl (C=O) groups excluding carboxylic acids is 1. The molecule has 0 unspecified atom stereocenters. The van der Waals surface area contributed by atoms with Crippen molar-refractivity contribution >= 4 is 22.0 Å². The molecule has 0 fully saturated rings. The van der Waals surface area contributed by atoms with E-state index in [1.807, 2.05) is 49.4 Å². The minimum atomic E-state index is -0.233. The fraction of sp³-hybridized carbons (Fsp3) is 0.278. The first-order chi connectivity index (χ1) is 11.0. The van der Waals surface area contributed by atoms with Gasteiger partial charge >= 0.3 is 6.03 Å². The fourth-order valence-corrected chi connectivity index (χ4v) is 2.51. The summed E-state index contributed by atoms with van der Waals surface area (Å²) in [5, 5.41) is 5.49. The molecule has 122 valence electrons. The smallest absolute Gasteiger partial charge is 0.317 e. The Morgan fingerprint density at radius 1 is 1.09 bits per heavy atom. The number of carbonyl (C=O) groups is 1. The SMILES string of the molecule is Cc1ccc(OCNC(=O)NCCc2cccc(Br)c2)cc1C. The lowest BCUT2D eigenvalue weighted by atomic mass is 10.1. The molecule has 2 N–H and O–H groups in total. The van der Waals surface area contributed by atoms with Gasteiger partial charge < -0.3 is 15.4 Å². The molecule has 0 saturated heterocycles. The number of benzene rings is 2. The van der Waals surface area contributed by atoms with Gasteiger partial charge in [0.25, 0.3) is 0 Å². The van der Waals surface area contributed by atoms with E-state index in [0.29, 0.717) is 6.54 Å². The predicted octanol–water partition coefficient (Wildman–Crippen LogP) is 3.94. The number of hydrogen-bond acceptors (Lipinski definition) is 2. The van der Waals surface area contributed by atoms with Crippen LogP contribution in [0.2, 0.25) is 0 Å². The van der Waals surface area contributed by atoms with Gasteiger partial charge in [-0.05, 0) is 61.2 Å². The maximum atomic E-state index is 11.7. The molecule has 0 aliphatic heterocycles. The highest BCUT2D eigenvalue weighted by atomic mass is 79.9. The van der Waals surface area contributed by atoms with Crippen molar-refractivity contribution in [1.82, 2.24) is 10.6 Å². The van der Waals surface area contributed by atoms with E-state index in [-0.39, 0.29) is 12.8 Å². The highest BCUT2D eigenvalue weighted by Crippen LogP contribution is 2.15. The Balaban J connectivity index is 1.66. The van der Waals surface area contributed by atoms with Gasteiger partial charge in [0.05, 0.1) is 0 Å². The minimum Gasteiger partial charge on any atom is -0.473 e. The number of hydrogen-bond donors (Lipinski definition) is 2. The number of ether oxygens (including phenoxy) is 1. The van der Waals surface area contributed by atoms with Crippen LogP contribution in [-0.2, 0) is 6.42 Å². The van der Waals surface area contributed by atoms with E-state index in [2.05, 4.69) is 33.5 Å². The number of urea groups is 1. The quantitative estimate of drug-likeness (QED) is 0.750. The summed E-state index contributed by atoms with van der Waals surface area (Å²) in [5.41, 5.74) is 3.56. The third-order valence-electron chi connectivity index (χ3n) is 3.54. The standard InChI is InChI=1S/C18H21BrN2O2/c1-13-6-7-17(10-14(13)2)23-12-21-18(22)20-9-8-15-4-3-5-16(19)11-15/h3-7,10-11H,8-9,12H2,1-2H3,(H2,20,21,22). The zero-order valence-corrected chi connectivity index (χ0v) is 14.9. The maximum Gasteiger partial charge on any atom is 0.317 e. The van der Waals surface area contributed by atoms with Crippen molar-refractivity contribution < 1.29 is 9.53 Å². The first-order valence-corrected chi connectivity index (χ1v) is 8.30. The van der Waals surface area contributed by atoms with Crippen LogP contribution in [0.4, 0.5) is 4.79 Å². The van der Waals surface area contributed by atoms with Gasteiger partial charge in [-0.1, -0.05) is 34.1 Å². The van der Waals surface area contributed by atoms with Crippen molar-refractivity contribution in [3.63, 3.8) is 0 Å². The third-order valence-corrected chi connectivity index (χ3v) is 4.03. The summed E-state index contributed by atoms with van der Waals surface area (Å²) in [6, 6.07) is 13.7. The Bertz CT molecular complexity index is 674. The summed E-state index contributed by atoms with van der Waals surface area (Å²) in [4.78, 5) is 11.7. The van der Waals surface area contributed by atoms with E-state index in [9.17, 15) is 4.79 Å². The van der Waals surface area contributed by atoms with Gasteiger partial charge in [-0.3, -0.25) is 0 Å². The molecule has 0 atom stereocenters. The molecular formula is C18H21BrN2O2. The summed E-state index contributed by atoms with van der Waals surface area (Å²) in [7, 11) is 0. The molecule has 2 aromatic carbocycles. The van der Waals surface area contributed by atoms with Crippen molar-refractivity contribution in [2.24, 2.45) is 0 Å². The van der Waals surface area contributed by atoms with E-state index in [1.165, 1.54) is 16.7 Å². The predicted molar refractivity (Wildman–Crippen MR) is 95.8 cm³/mol. The molecule has 0 spiro atoms. The summed E-state index contributed by atoms with van der Waals surface area (Å²) < 4.78 is 6.56. The zero-order chi connectivity index (χ0) is 16.7. The van der Waals surface area contributed by atoms with E-state index in [4.69, 9.17) is 4.74 Å². The molecule has 2 amide bonds. The first-order valence-electron chi connectivity index (χ1n) is 7.51. The molecule has 4 nitrogen and oxygen atoms in total. The highest BCUT2D eigenvalue weighted by molar-refractivity contribution is 9.10. The van der Waals surface area contributed by atoms with Crippen LogP contribution in [0.1, 0.15) is 16.7 Å². The Morgan fingerprint density at radius 2 is 1.91 bits per heavy atom. The van der Waals surface area contributed by atoms with Crippen LogP contribution in [0.5, 0.6) is 5.75 Å². The van der Waals surface area contributed by atoms with Crippen molar-refractivity contribution in [3.05, 3.63) is 63.6 Å². The van der Waals surface area contributed by atoms with Crippen LogP contribution < -0.4 is 15.4 Å². The molecule has 0 aromatic heterocycles. The van der Waals surface area contributed by atoms with Gasteiger partial charge in [-0.25, -0.2) is 4.79 Å². The number of rotatable bonds is 6. The van der Waals surface area contributed by atoms with Crippen LogP contribution in [0.3, 0.4) is 0 Å². The lowest BCUT2D eigenvalue weighted by Gasteiger charge is -2.10. The number of aryl methyl sites for hydroxylation is 2. The van der Waals surface area contributed by atoms with Gasteiger partial charge in [-0.15, -0.1) is 0 Å². The largest absolute Gasteiger partial charge is 0.473 e. The van der Waals surface area contributed by atoms with Crippen LogP contribution in [0.15, 0.2) is 46.9 Å². The van der Waals surface area contributed by atoms with E-state index < -0.39 is 0 Å². The summed E-state index contributed by atoms with van der Waals surface area (Å²) in [6.07, 6.45) is 0.783. The average Bonchev–Trinajstić information content (AvgIpc) is 2.51. The molecular weight excluding hydrogens is 356 g/mol. The molecule has 0 aliphatic carbocycles. The normalized spacial score (nSPS) is 10.2. The lowest BCUT2D eigenvalue weighted by Crippen LogP contribution is -2.38. The second-order valence-electron chi connectivity index (χ2n) is 5.35. The molecule has 0 saturated carbocycles. The van der Waals surface area contributed by atoms with Crippen LogP contribution in [0, 0.1) is 13.8 Å².